The number of nitrogens with two attached hydrogens (primary N) is 1. The predicted molar refractivity (Wildman–Crippen MR) is 68.1 cm³/mol. The largest absolute Gasteiger partial charge is 0.451 e. The van der Waals surface area contributed by atoms with Crippen molar-refractivity contribution in [1.29, 1.82) is 0 Å². The molecule has 1 unspecified atom stereocenters. The summed E-state index contributed by atoms with van der Waals surface area (Å²) in [5.41, 5.74) is 4.64. The van der Waals surface area contributed by atoms with Crippen molar-refractivity contribution in [2.75, 3.05) is 23.7 Å². The number of aromatic nitrogens is 2. The van der Waals surface area contributed by atoms with Gasteiger partial charge < -0.3 is 15.7 Å². The Hall–Kier alpha value is -1.57. The van der Waals surface area contributed by atoms with Crippen molar-refractivity contribution in [1.82, 2.24) is 9.97 Å². The van der Waals surface area contributed by atoms with Crippen LogP contribution in [-0.4, -0.2) is 33.8 Å². The maximum Gasteiger partial charge on any atom is 0.451 e. The topological polar surface area (TPSA) is 75.3 Å². The van der Waals surface area contributed by atoms with Gasteiger partial charge in [0.2, 0.25) is 5.82 Å². The summed E-state index contributed by atoms with van der Waals surface area (Å²) in [6, 6.07) is 1.33. The van der Waals surface area contributed by atoms with E-state index in [0.29, 0.717) is 32.4 Å². The van der Waals surface area contributed by atoms with Crippen LogP contribution in [0.4, 0.5) is 24.8 Å². The normalized spacial score (nSPS) is 24.6. The quantitative estimate of drug-likeness (QED) is 0.825. The van der Waals surface area contributed by atoms with Crippen LogP contribution in [0.3, 0.4) is 0 Å². The van der Waals surface area contributed by atoms with Gasteiger partial charge in [-0.15, -0.1) is 0 Å². The first kappa shape index (κ1) is 14.8. The van der Waals surface area contributed by atoms with Crippen molar-refractivity contribution in [3.63, 3.8) is 0 Å². The number of alkyl halides is 3. The van der Waals surface area contributed by atoms with Crippen LogP contribution in [0.2, 0.25) is 0 Å². The van der Waals surface area contributed by atoms with Crippen LogP contribution < -0.4 is 10.6 Å². The first-order valence-electron chi connectivity index (χ1n) is 6.36. The Labute approximate surface area is 114 Å². The average molecular weight is 290 g/mol. The van der Waals surface area contributed by atoms with Gasteiger partial charge in [-0.25, -0.2) is 9.97 Å². The molecule has 2 heterocycles. The molecule has 0 radical (unpaired) electrons. The van der Waals surface area contributed by atoms with Gasteiger partial charge in [0, 0.05) is 19.2 Å². The summed E-state index contributed by atoms with van der Waals surface area (Å²) in [6.45, 7) is 2.69. The molecule has 0 bridgehead atoms. The summed E-state index contributed by atoms with van der Waals surface area (Å²) in [5, 5.41) is 9.99. The lowest BCUT2D eigenvalue weighted by atomic mass is 9.98. The van der Waals surface area contributed by atoms with Crippen LogP contribution >= 0.6 is 0 Å². The molecule has 112 valence electrons. The van der Waals surface area contributed by atoms with E-state index in [1.54, 1.807) is 11.8 Å². The Morgan fingerprint density at radius 1 is 1.30 bits per heavy atom. The number of rotatable bonds is 1. The molecular weight excluding hydrogens is 273 g/mol. The van der Waals surface area contributed by atoms with E-state index in [9.17, 15) is 18.3 Å². The van der Waals surface area contributed by atoms with E-state index in [4.69, 9.17) is 5.73 Å². The molecule has 0 saturated carbocycles. The van der Waals surface area contributed by atoms with Crippen LogP contribution in [0.5, 0.6) is 0 Å². The number of anilines is 2. The first-order chi connectivity index (χ1) is 9.17. The third-order valence-corrected chi connectivity index (χ3v) is 3.37. The zero-order valence-corrected chi connectivity index (χ0v) is 11.1. The van der Waals surface area contributed by atoms with Crippen molar-refractivity contribution in [2.24, 2.45) is 0 Å². The summed E-state index contributed by atoms with van der Waals surface area (Å²) in [7, 11) is 0. The fourth-order valence-electron chi connectivity index (χ4n) is 2.23. The fourth-order valence-corrected chi connectivity index (χ4v) is 2.23. The summed E-state index contributed by atoms with van der Waals surface area (Å²) in [4.78, 5) is 8.47. The van der Waals surface area contributed by atoms with Crippen LogP contribution in [0.1, 0.15) is 32.0 Å². The standard InChI is InChI=1S/C12H17F3N4O/c1-11(20)3-2-5-19(6-4-11)9-7-8(16)17-10(18-9)12(13,14)15/h7,20H,2-6H2,1H3,(H2,16,17,18). The summed E-state index contributed by atoms with van der Waals surface area (Å²) < 4.78 is 38.0. The van der Waals surface area contributed by atoms with E-state index < -0.39 is 17.6 Å². The minimum atomic E-state index is -4.62. The Kier molecular flexibility index (Phi) is 3.77. The Bertz CT molecular complexity index is 490. The highest BCUT2D eigenvalue weighted by Gasteiger charge is 2.36. The van der Waals surface area contributed by atoms with Crippen LogP contribution in [0.25, 0.3) is 0 Å². The highest BCUT2D eigenvalue weighted by molar-refractivity contribution is 5.47. The van der Waals surface area contributed by atoms with E-state index in [2.05, 4.69) is 9.97 Å². The number of nitrogen functional groups attached to an aromatic ring is 1. The molecule has 3 N–H and O–H groups in total. The van der Waals surface area contributed by atoms with Crippen molar-refractivity contribution in [3.8, 4) is 0 Å². The monoisotopic (exact) mass is 290 g/mol. The third kappa shape index (κ3) is 3.50. The van der Waals surface area contributed by atoms with Gasteiger partial charge in [0.1, 0.15) is 11.6 Å². The van der Waals surface area contributed by atoms with Gasteiger partial charge in [0.05, 0.1) is 5.60 Å². The number of hydrogen-bond donors (Lipinski definition) is 2. The smallest absolute Gasteiger partial charge is 0.390 e. The van der Waals surface area contributed by atoms with Crippen LogP contribution in [0.15, 0.2) is 6.07 Å². The molecule has 0 spiro atoms. The second kappa shape index (κ2) is 5.08. The lowest BCUT2D eigenvalue weighted by Gasteiger charge is -2.24. The molecule has 2 rings (SSSR count). The number of aliphatic hydroxyl groups is 1. The van der Waals surface area contributed by atoms with E-state index in [1.807, 2.05) is 0 Å². The zero-order valence-electron chi connectivity index (χ0n) is 11.1. The Morgan fingerprint density at radius 3 is 2.65 bits per heavy atom. The molecule has 1 atom stereocenters. The second-order valence-electron chi connectivity index (χ2n) is 5.31. The molecule has 1 aromatic heterocycles. The summed E-state index contributed by atoms with van der Waals surface area (Å²) >= 11 is 0. The molecule has 1 aromatic rings. The number of hydrogen-bond acceptors (Lipinski definition) is 5. The lowest BCUT2D eigenvalue weighted by Crippen LogP contribution is -2.29. The molecule has 1 aliphatic rings. The predicted octanol–water partition coefficient (Wildman–Crippen LogP) is 1.82. The number of nitrogens with zero attached hydrogens (tertiary/aromatic N) is 3. The van der Waals surface area contributed by atoms with E-state index in [-0.39, 0.29) is 11.6 Å². The maximum atomic E-state index is 12.7. The third-order valence-electron chi connectivity index (χ3n) is 3.37. The van der Waals surface area contributed by atoms with Crippen LogP contribution in [0, 0.1) is 0 Å². The second-order valence-corrected chi connectivity index (χ2v) is 5.31. The lowest BCUT2D eigenvalue weighted by molar-refractivity contribution is -0.144. The van der Waals surface area contributed by atoms with Gasteiger partial charge in [-0.2, -0.15) is 13.2 Å². The van der Waals surface area contributed by atoms with Gasteiger partial charge in [0.15, 0.2) is 0 Å². The average Bonchev–Trinajstić information content (AvgIpc) is 2.48. The first-order valence-corrected chi connectivity index (χ1v) is 6.36. The SMILES string of the molecule is CC1(O)CCCN(c2cc(N)nc(C(F)(F)F)n2)CC1. The molecule has 5 nitrogen and oxygen atoms in total. The molecule has 1 fully saturated rings. The highest BCUT2D eigenvalue weighted by Crippen LogP contribution is 2.30. The molecule has 1 saturated heterocycles. The summed E-state index contributed by atoms with van der Waals surface area (Å²) in [5.74, 6) is -1.29. The zero-order chi connectivity index (χ0) is 15.0. The highest BCUT2D eigenvalue weighted by atomic mass is 19.4. The van der Waals surface area contributed by atoms with Crippen molar-refractivity contribution in [3.05, 3.63) is 11.9 Å². The van der Waals surface area contributed by atoms with Crippen molar-refractivity contribution >= 4 is 11.6 Å². The van der Waals surface area contributed by atoms with E-state index in [1.165, 1.54) is 6.07 Å². The minimum Gasteiger partial charge on any atom is -0.390 e. The minimum absolute atomic E-state index is 0.155. The van der Waals surface area contributed by atoms with Crippen molar-refractivity contribution in [2.45, 2.75) is 38.0 Å². The number of halogens is 3. The Morgan fingerprint density at radius 2 is 2.00 bits per heavy atom. The van der Waals surface area contributed by atoms with Gasteiger partial charge >= 0.3 is 6.18 Å². The maximum absolute atomic E-state index is 12.7. The van der Waals surface area contributed by atoms with Crippen LogP contribution in [-0.2, 0) is 6.18 Å². The molecule has 0 aliphatic carbocycles. The molecule has 0 aromatic carbocycles. The van der Waals surface area contributed by atoms with Gasteiger partial charge in [-0.05, 0) is 26.2 Å². The molecule has 8 heteroatoms. The van der Waals surface area contributed by atoms with Gasteiger partial charge in [-0.1, -0.05) is 0 Å². The van der Waals surface area contributed by atoms with Gasteiger partial charge in [0.25, 0.3) is 0 Å². The molecular formula is C12H17F3N4O. The van der Waals surface area contributed by atoms with Gasteiger partial charge in [-0.3, -0.25) is 0 Å². The molecule has 0 amide bonds. The molecule has 20 heavy (non-hydrogen) atoms. The fraction of sp³-hybridized carbons (Fsp3) is 0.667. The van der Waals surface area contributed by atoms with E-state index >= 15 is 0 Å². The summed E-state index contributed by atoms with van der Waals surface area (Å²) in [6.07, 6.45) is -2.87. The Balaban J connectivity index is 2.26. The molecule has 1 aliphatic heterocycles. The van der Waals surface area contributed by atoms with E-state index in [0.717, 1.165) is 0 Å². The van der Waals surface area contributed by atoms with Crippen molar-refractivity contribution < 1.29 is 18.3 Å².